The van der Waals surface area contributed by atoms with E-state index in [1.54, 1.807) is 0 Å². The van der Waals surface area contributed by atoms with Crippen LogP contribution in [0.5, 0.6) is 0 Å². The summed E-state index contributed by atoms with van der Waals surface area (Å²) in [6, 6.07) is 20.2. The van der Waals surface area contributed by atoms with Gasteiger partial charge in [0.1, 0.15) is 0 Å². The van der Waals surface area contributed by atoms with Gasteiger partial charge in [-0.15, -0.1) is 0 Å². The van der Waals surface area contributed by atoms with Crippen molar-refractivity contribution < 1.29 is 4.79 Å². The van der Waals surface area contributed by atoms with Gasteiger partial charge in [-0.05, 0) is 18.2 Å². The predicted molar refractivity (Wildman–Crippen MR) is 110 cm³/mol. The van der Waals surface area contributed by atoms with Crippen LogP contribution in [0.4, 0.5) is 0 Å². The van der Waals surface area contributed by atoms with Crippen molar-refractivity contribution >= 4 is 17.9 Å². The summed E-state index contributed by atoms with van der Waals surface area (Å²) in [6.45, 7) is 1.36. The number of likely N-dealkylation sites (N-methyl/N-ethyl adjacent to an activating group) is 1. The van der Waals surface area contributed by atoms with E-state index >= 15 is 0 Å². The molecule has 1 fully saturated rings. The van der Waals surface area contributed by atoms with E-state index < -0.39 is 0 Å². The monoisotopic (exact) mass is 341 g/mol. The Morgan fingerprint density at radius 1 is 0.731 bits per heavy atom. The molecule has 26 heavy (non-hydrogen) atoms. The number of likely N-dealkylation sites (tertiary alicyclic amines) is 1. The zero-order valence-corrected chi connectivity index (χ0v) is 15.0. The maximum absolute atomic E-state index is 12.7. The minimum atomic E-state index is 0.138. The van der Waals surface area contributed by atoms with E-state index in [9.17, 15) is 4.79 Å². The number of nitrogens with zero attached hydrogens (tertiary/aromatic N) is 1. The fraction of sp³-hybridized carbons (Fsp3) is 0.125. The Morgan fingerprint density at radius 2 is 1.15 bits per heavy atom. The van der Waals surface area contributed by atoms with Gasteiger partial charge in [0.05, 0.1) is 0 Å². The smallest absolute Gasteiger partial charge is 0.187 e. The molecule has 2 aromatic carbocycles. The fourth-order valence-corrected chi connectivity index (χ4v) is 2.92. The van der Waals surface area contributed by atoms with Crippen LogP contribution in [0.1, 0.15) is 11.1 Å². The van der Waals surface area contributed by atoms with E-state index in [1.807, 2.05) is 104 Å². The Labute approximate surface area is 155 Å². The minimum absolute atomic E-state index is 0.138. The fourth-order valence-electron chi connectivity index (χ4n) is 2.92. The van der Waals surface area contributed by atoms with Gasteiger partial charge in [-0.1, -0.05) is 97.1 Å². The molecule has 0 N–H and O–H groups in total. The van der Waals surface area contributed by atoms with Gasteiger partial charge in [0, 0.05) is 24.2 Å². The molecule has 2 heteroatoms. The molecule has 0 unspecified atom stereocenters. The molecule has 2 nitrogen and oxygen atoms in total. The number of hydrogen-bond acceptors (Lipinski definition) is 2. The maximum Gasteiger partial charge on any atom is 0.187 e. The number of benzene rings is 2. The van der Waals surface area contributed by atoms with Crippen molar-refractivity contribution in [2.45, 2.75) is 0 Å². The summed E-state index contributed by atoms with van der Waals surface area (Å²) < 4.78 is 0. The number of carbonyl (C=O) groups is 1. The summed E-state index contributed by atoms with van der Waals surface area (Å²) >= 11 is 0. The van der Waals surface area contributed by atoms with Crippen molar-refractivity contribution in [3.8, 4) is 0 Å². The number of rotatable bonds is 4. The van der Waals surface area contributed by atoms with Crippen LogP contribution in [0.3, 0.4) is 0 Å². The molecule has 1 aliphatic heterocycles. The lowest BCUT2D eigenvalue weighted by Gasteiger charge is -2.25. The van der Waals surface area contributed by atoms with Crippen LogP contribution < -0.4 is 0 Å². The zero-order chi connectivity index (χ0) is 18.2. The number of hydrogen-bond donors (Lipinski definition) is 0. The first kappa shape index (κ1) is 17.8. The molecule has 0 radical (unpaired) electrons. The second kappa shape index (κ2) is 8.93. The molecule has 0 spiro atoms. The normalized spacial score (nSPS) is 19.2. The molecule has 3 rings (SSSR count). The molecule has 0 bridgehead atoms. The zero-order valence-electron chi connectivity index (χ0n) is 15.0. The summed E-state index contributed by atoms with van der Waals surface area (Å²) in [6.07, 6.45) is 11.8. The Bertz CT molecular complexity index is 786. The van der Waals surface area contributed by atoms with Crippen LogP contribution in [-0.2, 0) is 4.79 Å². The second-order valence-corrected chi connectivity index (χ2v) is 6.42. The van der Waals surface area contributed by atoms with Crippen LogP contribution in [0.25, 0.3) is 12.2 Å². The molecular formula is C24H23NO. The molecule has 130 valence electrons. The van der Waals surface area contributed by atoms with Crippen LogP contribution in [-0.4, -0.2) is 30.8 Å². The summed E-state index contributed by atoms with van der Waals surface area (Å²) in [5.41, 5.74) is 3.90. The van der Waals surface area contributed by atoms with E-state index in [1.165, 1.54) is 0 Å². The average molecular weight is 341 g/mol. The molecule has 0 aromatic heterocycles. The summed E-state index contributed by atoms with van der Waals surface area (Å²) in [5, 5.41) is 0. The predicted octanol–water partition coefficient (Wildman–Crippen LogP) is 4.78. The third-order valence-corrected chi connectivity index (χ3v) is 4.24. The molecule has 2 aromatic rings. The van der Waals surface area contributed by atoms with Gasteiger partial charge >= 0.3 is 0 Å². The molecule has 0 saturated carbocycles. The Kier molecular flexibility index (Phi) is 6.13. The standard InChI is InChI=1S/C24H23NO/c1-25-18-22(16-8-14-20-10-4-2-5-11-20)24(26)23(19-25)17-9-15-21-12-6-3-7-13-21/h2-17H,18-19H2,1H3/b14-8?,15-9?,22-16+,23-17+. The SMILES string of the molecule is CN1C/C(=C\C=Cc2ccccc2)C(=O)/C(=C/C=Cc2ccccc2)C1. The van der Waals surface area contributed by atoms with Gasteiger partial charge < -0.3 is 0 Å². The first-order chi connectivity index (χ1) is 12.7. The first-order valence-electron chi connectivity index (χ1n) is 8.80. The van der Waals surface area contributed by atoms with Crippen molar-refractivity contribution in [2.24, 2.45) is 0 Å². The van der Waals surface area contributed by atoms with Gasteiger partial charge in [0.25, 0.3) is 0 Å². The Hall–Kier alpha value is -2.97. The molecule has 0 aliphatic carbocycles. The van der Waals surface area contributed by atoms with Gasteiger partial charge in [-0.2, -0.15) is 0 Å². The number of Topliss-reactive ketones (excluding diaryl/α,β-unsaturated/α-hetero) is 1. The maximum atomic E-state index is 12.7. The van der Waals surface area contributed by atoms with E-state index in [0.717, 1.165) is 22.3 Å². The third-order valence-electron chi connectivity index (χ3n) is 4.24. The molecule has 1 aliphatic rings. The van der Waals surface area contributed by atoms with Gasteiger partial charge in [-0.25, -0.2) is 0 Å². The van der Waals surface area contributed by atoms with Crippen LogP contribution in [0.15, 0.2) is 96.1 Å². The Morgan fingerprint density at radius 3 is 1.58 bits per heavy atom. The van der Waals surface area contributed by atoms with E-state index in [-0.39, 0.29) is 5.78 Å². The molecule has 1 heterocycles. The first-order valence-corrected chi connectivity index (χ1v) is 8.80. The highest BCUT2D eigenvalue weighted by molar-refractivity contribution is 6.10. The van der Waals surface area contributed by atoms with Gasteiger partial charge in [0.15, 0.2) is 5.78 Å². The van der Waals surface area contributed by atoms with Crippen LogP contribution >= 0.6 is 0 Å². The van der Waals surface area contributed by atoms with Crippen LogP contribution in [0.2, 0.25) is 0 Å². The topological polar surface area (TPSA) is 20.3 Å². The van der Waals surface area contributed by atoms with E-state index in [4.69, 9.17) is 0 Å². The molecule has 1 saturated heterocycles. The second-order valence-electron chi connectivity index (χ2n) is 6.42. The average Bonchev–Trinajstić information content (AvgIpc) is 2.67. The third kappa shape index (κ3) is 5.01. The van der Waals surface area contributed by atoms with E-state index in [2.05, 4.69) is 4.90 Å². The highest BCUT2D eigenvalue weighted by Gasteiger charge is 2.22. The highest BCUT2D eigenvalue weighted by atomic mass is 16.1. The molecule has 0 amide bonds. The largest absolute Gasteiger partial charge is 0.298 e. The molecule has 0 atom stereocenters. The lowest BCUT2D eigenvalue weighted by molar-refractivity contribution is -0.113. The van der Waals surface area contributed by atoms with Gasteiger partial charge in [-0.3, -0.25) is 9.69 Å². The van der Waals surface area contributed by atoms with E-state index in [0.29, 0.717) is 13.1 Å². The van der Waals surface area contributed by atoms with Crippen LogP contribution in [0, 0.1) is 0 Å². The van der Waals surface area contributed by atoms with Crippen molar-refractivity contribution in [2.75, 3.05) is 20.1 Å². The quantitative estimate of drug-likeness (QED) is 0.746. The lowest BCUT2D eigenvalue weighted by Crippen LogP contribution is -2.34. The number of piperidine rings is 1. The molecular weight excluding hydrogens is 318 g/mol. The van der Waals surface area contributed by atoms with Crippen molar-refractivity contribution in [1.29, 1.82) is 0 Å². The lowest BCUT2D eigenvalue weighted by atomic mass is 9.97. The summed E-state index contributed by atoms with van der Waals surface area (Å²) in [7, 11) is 2.04. The number of allylic oxidation sites excluding steroid dienone is 4. The van der Waals surface area contributed by atoms with Crippen molar-refractivity contribution in [3.05, 3.63) is 107 Å². The van der Waals surface area contributed by atoms with Crippen molar-refractivity contribution in [3.63, 3.8) is 0 Å². The highest BCUT2D eigenvalue weighted by Crippen LogP contribution is 2.17. The number of carbonyl (C=O) groups excluding carboxylic acids is 1. The minimum Gasteiger partial charge on any atom is -0.298 e. The summed E-state index contributed by atoms with van der Waals surface area (Å²) in [4.78, 5) is 14.9. The van der Waals surface area contributed by atoms with Crippen molar-refractivity contribution in [1.82, 2.24) is 4.90 Å². The Balaban J connectivity index is 1.73. The van der Waals surface area contributed by atoms with Gasteiger partial charge in [0.2, 0.25) is 0 Å². The summed E-state index contributed by atoms with van der Waals surface area (Å²) in [5.74, 6) is 0.138. The number of ketones is 1.